The largest absolute Gasteiger partial charge is 0.463 e. The van der Waals surface area contributed by atoms with Crippen molar-refractivity contribution in [3.05, 3.63) is 23.7 Å². The predicted octanol–water partition coefficient (Wildman–Crippen LogP) is 2.22. The molecule has 0 radical (unpaired) electrons. The molecule has 0 saturated heterocycles. The highest BCUT2D eigenvalue weighted by atomic mass is 16.3. The van der Waals surface area contributed by atoms with Crippen LogP contribution in [0.2, 0.25) is 0 Å². The molecule has 3 nitrogen and oxygen atoms in total. The van der Waals surface area contributed by atoms with E-state index in [0.717, 1.165) is 24.6 Å². The minimum Gasteiger partial charge on any atom is -0.463 e. The molecular weight excluding hydrogens is 188 g/mol. The van der Waals surface area contributed by atoms with Crippen molar-refractivity contribution in [2.24, 2.45) is 11.1 Å². The van der Waals surface area contributed by atoms with Gasteiger partial charge in [-0.1, -0.05) is 20.8 Å². The monoisotopic (exact) mass is 210 g/mol. The minimum atomic E-state index is 0.318. The summed E-state index contributed by atoms with van der Waals surface area (Å²) < 4.78 is 5.55. The van der Waals surface area contributed by atoms with Gasteiger partial charge in [0.05, 0.1) is 13.1 Å². The van der Waals surface area contributed by atoms with E-state index in [-0.39, 0.29) is 0 Å². The lowest BCUT2D eigenvalue weighted by Crippen LogP contribution is -2.28. The fraction of sp³-hybridized carbons (Fsp3) is 0.667. The number of rotatable bonds is 4. The first-order chi connectivity index (χ1) is 6.90. The van der Waals surface area contributed by atoms with E-state index in [1.165, 1.54) is 0 Å². The summed E-state index contributed by atoms with van der Waals surface area (Å²) in [5, 5.41) is 0. The van der Waals surface area contributed by atoms with Crippen molar-refractivity contribution < 1.29 is 4.42 Å². The van der Waals surface area contributed by atoms with Crippen molar-refractivity contribution in [3.63, 3.8) is 0 Å². The molecule has 0 unspecified atom stereocenters. The van der Waals surface area contributed by atoms with E-state index in [1.54, 1.807) is 0 Å². The smallest absolute Gasteiger partial charge is 0.118 e. The Labute approximate surface area is 92.2 Å². The first-order valence-corrected chi connectivity index (χ1v) is 5.37. The van der Waals surface area contributed by atoms with E-state index in [4.69, 9.17) is 10.2 Å². The van der Waals surface area contributed by atoms with Crippen molar-refractivity contribution >= 4 is 0 Å². The van der Waals surface area contributed by atoms with Gasteiger partial charge in [0.15, 0.2) is 0 Å². The summed E-state index contributed by atoms with van der Waals surface area (Å²) in [4.78, 5) is 2.26. The predicted molar refractivity (Wildman–Crippen MR) is 62.4 cm³/mol. The second kappa shape index (κ2) is 4.81. The fourth-order valence-corrected chi connectivity index (χ4v) is 1.75. The first kappa shape index (κ1) is 12.3. The van der Waals surface area contributed by atoms with Crippen molar-refractivity contribution in [1.82, 2.24) is 4.90 Å². The number of furan rings is 1. The van der Waals surface area contributed by atoms with Gasteiger partial charge in [0.2, 0.25) is 0 Å². The van der Waals surface area contributed by atoms with E-state index in [2.05, 4.69) is 32.7 Å². The Balaban J connectivity index is 2.47. The van der Waals surface area contributed by atoms with E-state index in [0.29, 0.717) is 12.0 Å². The number of hydrogen-bond donors (Lipinski definition) is 1. The second-order valence-electron chi connectivity index (χ2n) is 5.31. The molecular formula is C12H22N2O. The van der Waals surface area contributed by atoms with E-state index in [9.17, 15) is 0 Å². The third-order valence-electron chi connectivity index (χ3n) is 2.09. The van der Waals surface area contributed by atoms with Crippen LogP contribution in [0.3, 0.4) is 0 Å². The standard InChI is InChI=1S/C12H22N2O/c1-12(2,3)9-14(4)8-11-6-5-10(7-13)15-11/h5-6H,7-9,13H2,1-4H3. The van der Waals surface area contributed by atoms with Crippen LogP contribution in [-0.4, -0.2) is 18.5 Å². The normalized spacial score (nSPS) is 12.4. The van der Waals surface area contributed by atoms with Gasteiger partial charge >= 0.3 is 0 Å². The van der Waals surface area contributed by atoms with Gasteiger partial charge < -0.3 is 10.2 Å². The molecule has 0 aliphatic carbocycles. The maximum Gasteiger partial charge on any atom is 0.118 e. The molecule has 0 aliphatic rings. The third kappa shape index (κ3) is 4.49. The molecule has 0 aliphatic heterocycles. The van der Waals surface area contributed by atoms with Gasteiger partial charge in [-0.05, 0) is 24.6 Å². The molecule has 0 bridgehead atoms. The molecule has 2 N–H and O–H groups in total. The summed E-state index contributed by atoms with van der Waals surface area (Å²) in [6.45, 7) is 9.07. The Morgan fingerprint density at radius 2 is 1.87 bits per heavy atom. The van der Waals surface area contributed by atoms with Crippen LogP contribution >= 0.6 is 0 Å². The van der Waals surface area contributed by atoms with Gasteiger partial charge in [-0.15, -0.1) is 0 Å². The van der Waals surface area contributed by atoms with Crippen LogP contribution in [0, 0.1) is 5.41 Å². The topological polar surface area (TPSA) is 42.4 Å². The Morgan fingerprint density at radius 3 is 2.33 bits per heavy atom. The highest BCUT2D eigenvalue weighted by Gasteiger charge is 2.14. The zero-order chi connectivity index (χ0) is 11.5. The zero-order valence-electron chi connectivity index (χ0n) is 10.2. The average Bonchev–Trinajstić information content (AvgIpc) is 2.48. The molecule has 0 atom stereocenters. The molecule has 86 valence electrons. The Morgan fingerprint density at radius 1 is 1.27 bits per heavy atom. The first-order valence-electron chi connectivity index (χ1n) is 5.37. The Bertz CT molecular complexity index is 299. The van der Waals surface area contributed by atoms with Crippen LogP contribution in [0.5, 0.6) is 0 Å². The second-order valence-corrected chi connectivity index (χ2v) is 5.31. The zero-order valence-corrected chi connectivity index (χ0v) is 10.2. The van der Waals surface area contributed by atoms with Crippen LogP contribution in [0.1, 0.15) is 32.3 Å². The van der Waals surface area contributed by atoms with Gasteiger partial charge in [0.25, 0.3) is 0 Å². The molecule has 3 heteroatoms. The molecule has 0 spiro atoms. The SMILES string of the molecule is CN(Cc1ccc(CN)o1)CC(C)(C)C. The highest BCUT2D eigenvalue weighted by molar-refractivity contribution is 5.06. The Kier molecular flexibility index (Phi) is 3.94. The number of nitrogens with zero attached hydrogens (tertiary/aromatic N) is 1. The lowest BCUT2D eigenvalue weighted by atomic mass is 9.96. The van der Waals surface area contributed by atoms with Crippen molar-refractivity contribution in [3.8, 4) is 0 Å². The molecule has 0 aromatic carbocycles. The van der Waals surface area contributed by atoms with Crippen LogP contribution in [-0.2, 0) is 13.1 Å². The maximum absolute atomic E-state index is 5.55. The molecule has 1 aromatic heterocycles. The van der Waals surface area contributed by atoms with Gasteiger partial charge in [0, 0.05) is 6.54 Å². The van der Waals surface area contributed by atoms with Gasteiger partial charge in [0.1, 0.15) is 11.5 Å². The summed E-state index contributed by atoms with van der Waals surface area (Å²) in [6, 6.07) is 3.95. The quantitative estimate of drug-likeness (QED) is 0.828. The van der Waals surface area contributed by atoms with E-state index < -0.39 is 0 Å². The molecule has 15 heavy (non-hydrogen) atoms. The number of hydrogen-bond acceptors (Lipinski definition) is 3. The fourth-order valence-electron chi connectivity index (χ4n) is 1.75. The summed E-state index contributed by atoms with van der Waals surface area (Å²) in [6.07, 6.45) is 0. The molecule has 0 saturated carbocycles. The summed E-state index contributed by atoms with van der Waals surface area (Å²) in [7, 11) is 2.11. The maximum atomic E-state index is 5.55. The van der Waals surface area contributed by atoms with Gasteiger partial charge in [-0.25, -0.2) is 0 Å². The minimum absolute atomic E-state index is 0.318. The summed E-state index contributed by atoms with van der Waals surface area (Å²) in [5.41, 5.74) is 5.81. The summed E-state index contributed by atoms with van der Waals surface area (Å²) in [5.74, 6) is 1.84. The van der Waals surface area contributed by atoms with Crippen molar-refractivity contribution in [2.75, 3.05) is 13.6 Å². The molecule has 1 rings (SSSR count). The van der Waals surface area contributed by atoms with E-state index >= 15 is 0 Å². The summed E-state index contributed by atoms with van der Waals surface area (Å²) >= 11 is 0. The van der Waals surface area contributed by atoms with E-state index in [1.807, 2.05) is 12.1 Å². The highest BCUT2D eigenvalue weighted by Crippen LogP contribution is 2.16. The third-order valence-corrected chi connectivity index (χ3v) is 2.09. The molecule has 1 aromatic rings. The number of nitrogens with two attached hydrogens (primary N) is 1. The molecule has 1 heterocycles. The molecule has 0 fully saturated rings. The van der Waals surface area contributed by atoms with Crippen LogP contribution < -0.4 is 5.73 Å². The van der Waals surface area contributed by atoms with Crippen molar-refractivity contribution in [1.29, 1.82) is 0 Å². The van der Waals surface area contributed by atoms with Gasteiger partial charge in [-0.2, -0.15) is 0 Å². The van der Waals surface area contributed by atoms with Crippen LogP contribution in [0.15, 0.2) is 16.5 Å². The Hall–Kier alpha value is -0.800. The molecule has 0 amide bonds. The average molecular weight is 210 g/mol. The lowest BCUT2D eigenvalue weighted by Gasteiger charge is -2.25. The lowest BCUT2D eigenvalue weighted by molar-refractivity contribution is 0.206. The van der Waals surface area contributed by atoms with Crippen LogP contribution in [0.4, 0.5) is 0 Å². The van der Waals surface area contributed by atoms with Crippen molar-refractivity contribution in [2.45, 2.75) is 33.9 Å². The van der Waals surface area contributed by atoms with Crippen LogP contribution in [0.25, 0.3) is 0 Å². The van der Waals surface area contributed by atoms with Gasteiger partial charge in [-0.3, -0.25) is 4.90 Å².